The zero-order chi connectivity index (χ0) is 8.81. The van der Waals surface area contributed by atoms with Crippen LogP contribution in [0, 0.1) is 11.8 Å². The van der Waals surface area contributed by atoms with Crippen LogP contribution in [0.5, 0.6) is 0 Å². The van der Waals surface area contributed by atoms with E-state index in [0.717, 1.165) is 11.8 Å². The van der Waals surface area contributed by atoms with Crippen LogP contribution in [0.15, 0.2) is 0 Å². The molecule has 0 nitrogen and oxygen atoms in total. The van der Waals surface area contributed by atoms with E-state index >= 15 is 0 Å². The molecule has 0 saturated heterocycles. The van der Waals surface area contributed by atoms with E-state index < -0.39 is 0 Å². The summed E-state index contributed by atoms with van der Waals surface area (Å²) in [5, 5.41) is 0. The Morgan fingerprint density at radius 1 is 0.750 bits per heavy atom. The molecule has 2 atom stereocenters. The van der Waals surface area contributed by atoms with Gasteiger partial charge in [-0.1, -0.05) is 25.7 Å². The second kappa shape index (κ2) is 6.10. The molecule has 12 heavy (non-hydrogen) atoms. The second-order valence-electron chi connectivity index (χ2n) is 3.82. The van der Waals surface area contributed by atoms with Gasteiger partial charge in [0.25, 0.3) is 0 Å². The van der Waals surface area contributed by atoms with Crippen molar-refractivity contribution in [2.24, 2.45) is 11.8 Å². The topological polar surface area (TPSA) is 0 Å². The molecule has 1 aliphatic rings. The van der Waals surface area contributed by atoms with Gasteiger partial charge in [-0.2, -0.15) is 0 Å². The summed E-state index contributed by atoms with van der Waals surface area (Å²) in [5.41, 5.74) is 0. The molecule has 0 heterocycles. The summed E-state index contributed by atoms with van der Waals surface area (Å²) in [5.74, 6) is 2.98. The van der Waals surface area contributed by atoms with Gasteiger partial charge < -0.3 is 0 Å². The Balaban J connectivity index is 2.39. The first-order chi connectivity index (χ1) is 5.88. The van der Waals surface area contributed by atoms with Gasteiger partial charge >= 0.3 is 0 Å². The molecule has 0 bridgehead atoms. The van der Waals surface area contributed by atoms with E-state index in [1.807, 2.05) is 0 Å². The van der Waals surface area contributed by atoms with Crippen LogP contribution in [-0.4, -0.2) is 11.8 Å². The van der Waals surface area contributed by atoms with Gasteiger partial charge in [0.1, 0.15) is 0 Å². The fourth-order valence-electron chi connectivity index (χ4n) is 2.04. The maximum Gasteiger partial charge on any atom is 0.0254 e. The molecule has 0 aliphatic heterocycles. The van der Waals surface area contributed by atoms with Gasteiger partial charge in [0, 0.05) is 11.8 Å². The Kier molecular flexibility index (Phi) is 5.42. The summed E-state index contributed by atoms with van der Waals surface area (Å²) < 4.78 is 0. The molecule has 0 radical (unpaired) electrons. The molecule has 2 unspecified atom stereocenters. The average Bonchev–Trinajstić information content (AvgIpc) is 2.05. The molecule has 0 amide bonds. The quantitative estimate of drug-likeness (QED) is 0.602. The standard InChI is InChI=1S/C10H18Cl2/c11-7-9-5-3-1-2-4-6-10(9)8-12/h9-10H,1-8H2. The average molecular weight is 209 g/mol. The molecule has 1 fully saturated rings. The van der Waals surface area contributed by atoms with Crippen molar-refractivity contribution in [3.63, 3.8) is 0 Å². The van der Waals surface area contributed by atoms with E-state index in [-0.39, 0.29) is 0 Å². The van der Waals surface area contributed by atoms with Crippen molar-refractivity contribution in [2.45, 2.75) is 38.5 Å². The summed E-state index contributed by atoms with van der Waals surface area (Å²) in [6.07, 6.45) is 8.07. The minimum Gasteiger partial charge on any atom is -0.126 e. The zero-order valence-corrected chi connectivity index (χ0v) is 9.08. The lowest BCUT2D eigenvalue weighted by Crippen LogP contribution is -2.19. The highest BCUT2D eigenvalue weighted by Crippen LogP contribution is 2.29. The molecule has 1 saturated carbocycles. The summed E-state index contributed by atoms with van der Waals surface area (Å²) in [6.45, 7) is 0. The van der Waals surface area contributed by atoms with E-state index in [1.54, 1.807) is 0 Å². The van der Waals surface area contributed by atoms with E-state index in [0.29, 0.717) is 11.8 Å². The Morgan fingerprint density at radius 2 is 1.17 bits per heavy atom. The smallest absolute Gasteiger partial charge is 0.0254 e. The van der Waals surface area contributed by atoms with E-state index in [4.69, 9.17) is 23.2 Å². The molecule has 0 spiro atoms. The van der Waals surface area contributed by atoms with Crippen LogP contribution in [0.4, 0.5) is 0 Å². The van der Waals surface area contributed by atoms with Gasteiger partial charge in [0.15, 0.2) is 0 Å². The van der Waals surface area contributed by atoms with Crippen LogP contribution >= 0.6 is 23.2 Å². The fourth-order valence-corrected chi connectivity index (χ4v) is 2.86. The first-order valence-corrected chi connectivity index (χ1v) is 6.07. The van der Waals surface area contributed by atoms with Crippen LogP contribution in [0.1, 0.15) is 38.5 Å². The van der Waals surface area contributed by atoms with Crippen LogP contribution < -0.4 is 0 Å². The lowest BCUT2D eigenvalue weighted by molar-refractivity contribution is 0.308. The van der Waals surface area contributed by atoms with Gasteiger partial charge in [-0.3, -0.25) is 0 Å². The predicted molar refractivity (Wildman–Crippen MR) is 56.1 cm³/mol. The lowest BCUT2D eigenvalue weighted by atomic mass is 9.84. The van der Waals surface area contributed by atoms with Crippen molar-refractivity contribution in [3.8, 4) is 0 Å². The maximum absolute atomic E-state index is 5.92. The van der Waals surface area contributed by atoms with Crippen molar-refractivity contribution in [3.05, 3.63) is 0 Å². The number of hydrogen-bond acceptors (Lipinski definition) is 0. The highest BCUT2D eigenvalue weighted by Gasteiger charge is 2.20. The van der Waals surface area contributed by atoms with Gasteiger partial charge in [-0.05, 0) is 24.7 Å². The molecular weight excluding hydrogens is 191 g/mol. The normalized spacial score (nSPS) is 32.5. The van der Waals surface area contributed by atoms with Crippen LogP contribution in [0.3, 0.4) is 0 Å². The molecule has 1 aliphatic carbocycles. The fraction of sp³-hybridized carbons (Fsp3) is 1.00. The summed E-state index contributed by atoms with van der Waals surface area (Å²) in [6, 6.07) is 0. The highest BCUT2D eigenvalue weighted by atomic mass is 35.5. The van der Waals surface area contributed by atoms with E-state index in [9.17, 15) is 0 Å². The summed E-state index contributed by atoms with van der Waals surface area (Å²) in [7, 11) is 0. The number of alkyl halides is 2. The first-order valence-electron chi connectivity index (χ1n) is 5.00. The van der Waals surface area contributed by atoms with Crippen molar-refractivity contribution in [1.82, 2.24) is 0 Å². The van der Waals surface area contributed by atoms with Crippen molar-refractivity contribution in [2.75, 3.05) is 11.8 Å². The minimum atomic E-state index is 0.685. The molecule has 0 aromatic rings. The van der Waals surface area contributed by atoms with Gasteiger partial charge in [0.2, 0.25) is 0 Å². The molecule has 0 aromatic heterocycles. The number of hydrogen-bond donors (Lipinski definition) is 0. The SMILES string of the molecule is ClCC1CCCCCCC1CCl. The Morgan fingerprint density at radius 3 is 1.50 bits per heavy atom. The number of halogens is 2. The Bertz CT molecular complexity index is 100. The van der Waals surface area contributed by atoms with Crippen LogP contribution in [0.2, 0.25) is 0 Å². The van der Waals surface area contributed by atoms with E-state index in [1.165, 1.54) is 38.5 Å². The molecular formula is C10H18Cl2. The van der Waals surface area contributed by atoms with Crippen molar-refractivity contribution >= 4 is 23.2 Å². The minimum absolute atomic E-state index is 0.685. The van der Waals surface area contributed by atoms with Gasteiger partial charge in [-0.25, -0.2) is 0 Å². The Labute approximate surface area is 85.6 Å². The first kappa shape index (κ1) is 10.7. The third-order valence-electron chi connectivity index (χ3n) is 2.96. The van der Waals surface area contributed by atoms with Crippen LogP contribution in [-0.2, 0) is 0 Å². The molecule has 72 valence electrons. The largest absolute Gasteiger partial charge is 0.126 e. The maximum atomic E-state index is 5.92. The third kappa shape index (κ3) is 3.14. The van der Waals surface area contributed by atoms with Crippen LogP contribution in [0.25, 0.3) is 0 Å². The molecule has 2 heteroatoms. The third-order valence-corrected chi connectivity index (χ3v) is 3.76. The summed E-state index contributed by atoms with van der Waals surface area (Å²) in [4.78, 5) is 0. The Hall–Kier alpha value is 0.580. The molecule has 0 aromatic carbocycles. The zero-order valence-electron chi connectivity index (χ0n) is 7.57. The van der Waals surface area contributed by atoms with E-state index in [2.05, 4.69) is 0 Å². The van der Waals surface area contributed by atoms with Gasteiger partial charge in [-0.15, -0.1) is 23.2 Å². The second-order valence-corrected chi connectivity index (χ2v) is 4.44. The van der Waals surface area contributed by atoms with Crippen molar-refractivity contribution < 1.29 is 0 Å². The predicted octanol–water partition coefficient (Wildman–Crippen LogP) is 4.05. The van der Waals surface area contributed by atoms with Gasteiger partial charge in [0.05, 0.1) is 0 Å². The number of rotatable bonds is 2. The summed E-state index contributed by atoms with van der Waals surface area (Å²) >= 11 is 11.8. The highest BCUT2D eigenvalue weighted by molar-refractivity contribution is 6.19. The molecule has 1 rings (SSSR count). The lowest BCUT2D eigenvalue weighted by Gasteiger charge is -2.25. The van der Waals surface area contributed by atoms with Crippen molar-refractivity contribution in [1.29, 1.82) is 0 Å². The molecule has 0 N–H and O–H groups in total. The monoisotopic (exact) mass is 208 g/mol.